The lowest BCUT2D eigenvalue weighted by molar-refractivity contribution is -0.387. The van der Waals surface area contributed by atoms with Crippen molar-refractivity contribution in [3.63, 3.8) is 0 Å². The third-order valence-electron chi connectivity index (χ3n) is 5.68. The molecule has 0 unspecified atom stereocenters. The Kier molecular flexibility index (Phi) is 6.08. The van der Waals surface area contributed by atoms with Gasteiger partial charge in [-0.1, -0.05) is 41.6 Å². The van der Waals surface area contributed by atoms with Gasteiger partial charge in [-0.15, -0.1) is 0 Å². The molecule has 1 aromatic heterocycles. The quantitative estimate of drug-likeness (QED) is 0.324. The van der Waals surface area contributed by atoms with E-state index in [1.54, 1.807) is 0 Å². The highest BCUT2D eigenvalue weighted by atomic mass is 32.2. The molecule has 1 fully saturated rings. The number of nitrogens with zero attached hydrogens (tertiary/aromatic N) is 5. The van der Waals surface area contributed by atoms with Crippen molar-refractivity contribution >= 4 is 29.0 Å². The Balaban J connectivity index is 1.56. The van der Waals surface area contributed by atoms with Crippen LogP contribution in [0.1, 0.15) is 16.7 Å². The highest BCUT2D eigenvalue weighted by molar-refractivity contribution is 7.99. The minimum Gasteiger partial charge on any atom is -0.368 e. The van der Waals surface area contributed by atoms with Crippen LogP contribution in [0.4, 0.5) is 17.2 Å². The van der Waals surface area contributed by atoms with E-state index in [-0.39, 0.29) is 10.6 Å². The second kappa shape index (κ2) is 8.93. The molecule has 3 aromatic rings. The molecule has 31 heavy (non-hydrogen) atoms. The first-order chi connectivity index (χ1) is 14.9. The molecule has 0 saturated carbocycles. The lowest BCUT2D eigenvalue weighted by Crippen LogP contribution is -2.47. The van der Waals surface area contributed by atoms with E-state index in [1.807, 2.05) is 36.1 Å². The molecule has 0 spiro atoms. The largest absolute Gasteiger partial charge is 0.368 e. The van der Waals surface area contributed by atoms with Crippen LogP contribution in [0.2, 0.25) is 0 Å². The summed E-state index contributed by atoms with van der Waals surface area (Å²) in [5, 5.41) is 12.3. The molecule has 0 aliphatic carbocycles. The van der Waals surface area contributed by atoms with Crippen molar-refractivity contribution in [1.82, 2.24) is 9.97 Å². The van der Waals surface area contributed by atoms with Gasteiger partial charge in [0.05, 0.1) is 4.92 Å². The summed E-state index contributed by atoms with van der Waals surface area (Å²) >= 11 is 1.30. The average molecular weight is 436 g/mol. The Bertz CT molecular complexity index is 1100. The van der Waals surface area contributed by atoms with E-state index < -0.39 is 0 Å². The predicted molar refractivity (Wildman–Crippen MR) is 124 cm³/mol. The Morgan fingerprint density at radius 2 is 1.61 bits per heavy atom. The minimum absolute atomic E-state index is 0.0201. The first-order valence-electron chi connectivity index (χ1n) is 10.2. The van der Waals surface area contributed by atoms with Gasteiger partial charge in [-0.2, -0.15) is 0 Å². The number of aryl methyl sites for hydroxylation is 2. The van der Waals surface area contributed by atoms with Crippen LogP contribution in [0, 0.1) is 30.9 Å². The van der Waals surface area contributed by atoms with Crippen molar-refractivity contribution in [2.24, 2.45) is 0 Å². The average Bonchev–Trinajstić information content (AvgIpc) is 2.77. The lowest BCUT2D eigenvalue weighted by atomic mass is 10.1. The summed E-state index contributed by atoms with van der Waals surface area (Å²) in [7, 11) is 0. The molecule has 1 aliphatic rings. The number of rotatable bonds is 5. The molecule has 8 heteroatoms. The molecule has 1 saturated heterocycles. The van der Waals surface area contributed by atoms with Gasteiger partial charge in [-0.25, -0.2) is 9.97 Å². The van der Waals surface area contributed by atoms with Gasteiger partial charge in [0.25, 0.3) is 0 Å². The second-order valence-electron chi connectivity index (χ2n) is 7.72. The smallest absolute Gasteiger partial charge is 0.343 e. The minimum atomic E-state index is -0.358. The number of anilines is 2. The zero-order valence-corrected chi connectivity index (χ0v) is 18.7. The van der Waals surface area contributed by atoms with Crippen LogP contribution < -0.4 is 9.80 Å². The fraction of sp³-hybridized carbons (Fsp3) is 0.304. The van der Waals surface area contributed by atoms with Gasteiger partial charge in [-0.3, -0.25) is 10.1 Å². The van der Waals surface area contributed by atoms with Crippen molar-refractivity contribution in [3.05, 3.63) is 75.6 Å². The standard InChI is InChI=1S/C23H25N5O2S/c1-16-7-9-19(10-8-16)31-23-21(28(29)30)22(24-15-25-23)27-13-11-26(12-14-27)20-6-4-5-17(2)18(20)3/h4-10,15H,11-14H2,1-3H3. The molecule has 0 bridgehead atoms. The monoisotopic (exact) mass is 435 g/mol. The van der Waals surface area contributed by atoms with Gasteiger partial charge >= 0.3 is 5.69 Å². The number of hydrogen-bond donors (Lipinski definition) is 0. The molecule has 7 nitrogen and oxygen atoms in total. The number of aromatic nitrogens is 2. The van der Waals surface area contributed by atoms with Crippen LogP contribution in [0.5, 0.6) is 0 Å². The van der Waals surface area contributed by atoms with E-state index in [1.165, 1.54) is 34.9 Å². The van der Waals surface area contributed by atoms with Crippen molar-refractivity contribution < 1.29 is 4.92 Å². The fourth-order valence-electron chi connectivity index (χ4n) is 3.78. The number of piperazine rings is 1. The van der Waals surface area contributed by atoms with Gasteiger partial charge < -0.3 is 9.80 Å². The van der Waals surface area contributed by atoms with E-state index in [0.29, 0.717) is 23.9 Å². The van der Waals surface area contributed by atoms with Crippen molar-refractivity contribution in [3.8, 4) is 0 Å². The van der Waals surface area contributed by atoms with E-state index in [9.17, 15) is 10.1 Å². The zero-order valence-electron chi connectivity index (χ0n) is 17.9. The molecule has 4 rings (SSSR count). The third-order valence-corrected chi connectivity index (χ3v) is 6.68. The SMILES string of the molecule is Cc1ccc(Sc2ncnc(N3CCN(c4cccc(C)c4C)CC3)c2[N+](=O)[O-])cc1. The van der Waals surface area contributed by atoms with Gasteiger partial charge in [0.15, 0.2) is 5.03 Å². The highest BCUT2D eigenvalue weighted by Crippen LogP contribution is 2.38. The Hall–Kier alpha value is -3.13. The summed E-state index contributed by atoms with van der Waals surface area (Å²) in [5.74, 6) is 0.398. The molecule has 1 aliphatic heterocycles. The number of nitro groups is 1. The maximum absolute atomic E-state index is 12.0. The van der Waals surface area contributed by atoms with Crippen LogP contribution in [0.15, 0.2) is 58.7 Å². The van der Waals surface area contributed by atoms with Gasteiger partial charge in [0.2, 0.25) is 5.82 Å². The van der Waals surface area contributed by atoms with E-state index in [0.717, 1.165) is 23.5 Å². The topological polar surface area (TPSA) is 75.4 Å². The highest BCUT2D eigenvalue weighted by Gasteiger charge is 2.30. The molecule has 2 heterocycles. The summed E-state index contributed by atoms with van der Waals surface area (Å²) in [6.45, 7) is 9.17. The predicted octanol–water partition coefficient (Wildman–Crippen LogP) is 4.79. The Morgan fingerprint density at radius 3 is 2.29 bits per heavy atom. The number of hydrogen-bond acceptors (Lipinski definition) is 7. The molecule has 0 N–H and O–H groups in total. The summed E-state index contributed by atoms with van der Waals surface area (Å²) in [5.41, 5.74) is 4.90. The molecule has 0 radical (unpaired) electrons. The fourth-order valence-corrected chi connectivity index (χ4v) is 4.63. The van der Waals surface area contributed by atoms with Crippen LogP contribution >= 0.6 is 11.8 Å². The van der Waals surface area contributed by atoms with E-state index >= 15 is 0 Å². The normalized spacial score (nSPS) is 14.0. The maximum Gasteiger partial charge on any atom is 0.343 e. The molecule has 0 amide bonds. The summed E-state index contributed by atoms with van der Waals surface area (Å²) in [6.07, 6.45) is 1.43. The summed E-state index contributed by atoms with van der Waals surface area (Å²) in [4.78, 5) is 25.4. The summed E-state index contributed by atoms with van der Waals surface area (Å²) in [6, 6.07) is 14.2. The van der Waals surface area contributed by atoms with Crippen molar-refractivity contribution in [1.29, 1.82) is 0 Å². The Labute approximate surface area is 186 Å². The van der Waals surface area contributed by atoms with Gasteiger partial charge in [-0.05, 0) is 50.1 Å². The van der Waals surface area contributed by atoms with E-state index in [2.05, 4.69) is 46.9 Å². The van der Waals surface area contributed by atoms with Crippen molar-refractivity contribution in [2.45, 2.75) is 30.7 Å². The summed E-state index contributed by atoms with van der Waals surface area (Å²) < 4.78 is 0. The zero-order chi connectivity index (χ0) is 22.0. The first kappa shape index (κ1) is 21.1. The van der Waals surface area contributed by atoms with Crippen LogP contribution in [0.25, 0.3) is 0 Å². The number of benzene rings is 2. The Morgan fingerprint density at radius 1 is 0.935 bits per heavy atom. The lowest BCUT2D eigenvalue weighted by Gasteiger charge is -2.37. The third kappa shape index (κ3) is 4.49. The van der Waals surface area contributed by atoms with Crippen LogP contribution in [-0.4, -0.2) is 41.1 Å². The van der Waals surface area contributed by atoms with Crippen LogP contribution in [0.3, 0.4) is 0 Å². The molecular weight excluding hydrogens is 410 g/mol. The molecule has 2 aromatic carbocycles. The maximum atomic E-state index is 12.0. The first-order valence-corrected chi connectivity index (χ1v) is 11.1. The molecular formula is C23H25N5O2S. The second-order valence-corrected chi connectivity index (χ2v) is 8.78. The van der Waals surface area contributed by atoms with Gasteiger partial charge in [0, 0.05) is 36.8 Å². The van der Waals surface area contributed by atoms with E-state index in [4.69, 9.17) is 0 Å². The molecule has 0 atom stereocenters. The molecule has 160 valence electrons. The van der Waals surface area contributed by atoms with Crippen LogP contribution in [-0.2, 0) is 0 Å². The van der Waals surface area contributed by atoms with Gasteiger partial charge in [0.1, 0.15) is 6.33 Å². The van der Waals surface area contributed by atoms with Crippen molar-refractivity contribution in [2.75, 3.05) is 36.0 Å².